The molecule has 4 atom stereocenters. The Morgan fingerprint density at radius 3 is 2.68 bits per heavy atom. The van der Waals surface area contributed by atoms with E-state index in [4.69, 9.17) is 14.7 Å². The lowest BCUT2D eigenvalue weighted by atomic mass is 9.88. The van der Waals surface area contributed by atoms with Gasteiger partial charge in [-0.25, -0.2) is 5.26 Å². The molecule has 2 bridgehead atoms. The lowest BCUT2D eigenvalue weighted by Gasteiger charge is -2.31. The molecule has 7 nitrogen and oxygen atoms in total. The summed E-state index contributed by atoms with van der Waals surface area (Å²) in [6.07, 6.45) is -5.73. The topological polar surface area (TPSA) is 91.3 Å². The third-order valence-corrected chi connectivity index (χ3v) is 4.61. The number of esters is 2. The lowest BCUT2D eigenvalue weighted by molar-refractivity contribution is -0.433. The van der Waals surface area contributed by atoms with Gasteiger partial charge in [-0.2, -0.15) is 13.2 Å². The van der Waals surface area contributed by atoms with E-state index in [0.29, 0.717) is 19.8 Å². The summed E-state index contributed by atoms with van der Waals surface area (Å²) in [7, 11) is 0. The van der Waals surface area contributed by atoms with Crippen molar-refractivity contribution in [2.45, 2.75) is 49.3 Å². The van der Waals surface area contributed by atoms with Crippen LogP contribution in [0.15, 0.2) is 0 Å². The minimum Gasteiger partial charge on any atom is -0.458 e. The van der Waals surface area contributed by atoms with Gasteiger partial charge in [-0.1, -0.05) is 5.04 Å². The monoisotopic (exact) mass is 346 g/mol. The molecule has 0 aromatic carbocycles. The number of fused-ring (bicyclic) bond motifs is 2. The second-order valence-electron chi connectivity index (χ2n) is 5.19. The molecule has 0 aromatic heterocycles. The Kier molecular flexibility index (Phi) is 4.90. The predicted molar refractivity (Wildman–Crippen MR) is 64.0 cm³/mol. The van der Waals surface area contributed by atoms with Gasteiger partial charge in [0.1, 0.15) is 12.2 Å². The molecule has 2 rings (SSSR count). The summed E-state index contributed by atoms with van der Waals surface area (Å²) in [6, 6.07) is 0. The number of carbonyl (C=O) groups excluding carboxylic acids is 2. The SMILES string of the molecule is CC(SOOO)(C(=O)OC1CCC2CC1OC2=O)C(F)(F)F. The van der Waals surface area contributed by atoms with Gasteiger partial charge in [0.25, 0.3) is 0 Å². The average molecular weight is 346 g/mol. The van der Waals surface area contributed by atoms with Crippen LogP contribution in [0.5, 0.6) is 0 Å². The molecule has 2 aliphatic rings. The molecule has 0 aromatic rings. The fraction of sp³-hybridized carbons (Fsp3) is 0.818. The molecule has 4 unspecified atom stereocenters. The number of alkyl halides is 3. The number of hydrogen-bond donors (Lipinski definition) is 1. The van der Waals surface area contributed by atoms with Crippen LogP contribution in [0.1, 0.15) is 26.2 Å². The quantitative estimate of drug-likeness (QED) is 0.350. The first-order chi connectivity index (χ1) is 10.2. The number of ether oxygens (including phenoxy) is 2. The van der Waals surface area contributed by atoms with Gasteiger partial charge in [0.2, 0.25) is 4.75 Å². The Morgan fingerprint density at radius 2 is 2.09 bits per heavy atom. The van der Waals surface area contributed by atoms with Crippen molar-refractivity contribution in [2.75, 3.05) is 0 Å². The van der Waals surface area contributed by atoms with Crippen molar-refractivity contribution in [1.82, 2.24) is 0 Å². The van der Waals surface area contributed by atoms with Gasteiger partial charge in [-0.3, -0.25) is 9.59 Å². The molecule has 126 valence electrons. The van der Waals surface area contributed by atoms with Crippen molar-refractivity contribution in [3.8, 4) is 0 Å². The van der Waals surface area contributed by atoms with E-state index >= 15 is 0 Å². The van der Waals surface area contributed by atoms with Gasteiger partial charge in [0, 0.05) is 6.42 Å². The smallest absolute Gasteiger partial charge is 0.415 e. The highest BCUT2D eigenvalue weighted by molar-refractivity contribution is 7.96. The van der Waals surface area contributed by atoms with Crippen molar-refractivity contribution in [2.24, 2.45) is 5.92 Å². The maximum Gasteiger partial charge on any atom is 0.415 e. The van der Waals surface area contributed by atoms with E-state index in [1.165, 1.54) is 0 Å². The zero-order chi connectivity index (χ0) is 16.5. The van der Waals surface area contributed by atoms with Crippen LogP contribution in [-0.2, 0) is 28.4 Å². The summed E-state index contributed by atoms with van der Waals surface area (Å²) >= 11 is -0.432. The van der Waals surface area contributed by atoms with Gasteiger partial charge in [-0.05, 0) is 19.8 Å². The van der Waals surface area contributed by atoms with Crippen LogP contribution >= 0.6 is 12.0 Å². The molecule has 11 heteroatoms. The molecule has 2 fully saturated rings. The second kappa shape index (κ2) is 6.22. The predicted octanol–water partition coefficient (Wildman–Crippen LogP) is 2.01. The van der Waals surface area contributed by atoms with Gasteiger partial charge >= 0.3 is 18.1 Å². The minimum absolute atomic E-state index is 0.239. The van der Waals surface area contributed by atoms with Crippen LogP contribution in [0, 0.1) is 5.92 Å². The molecule has 0 spiro atoms. The summed E-state index contributed by atoms with van der Waals surface area (Å²) in [5, 5.41) is 11.1. The highest BCUT2D eigenvalue weighted by Gasteiger charge is 2.61. The number of carbonyl (C=O) groups is 2. The van der Waals surface area contributed by atoms with Crippen LogP contribution in [-0.4, -0.2) is 40.3 Å². The summed E-state index contributed by atoms with van der Waals surface area (Å²) < 4.78 is 49.7. The summed E-state index contributed by atoms with van der Waals surface area (Å²) in [6.45, 7) is 0.533. The highest BCUT2D eigenvalue weighted by Crippen LogP contribution is 2.44. The Balaban J connectivity index is 2.07. The first-order valence-corrected chi connectivity index (χ1v) is 7.07. The van der Waals surface area contributed by atoms with E-state index < -0.39 is 47.1 Å². The molecule has 1 aliphatic heterocycles. The molecule has 1 saturated carbocycles. The summed E-state index contributed by atoms with van der Waals surface area (Å²) in [5.74, 6) is -2.32. The number of halogens is 3. The Bertz CT molecular complexity index is 457. The van der Waals surface area contributed by atoms with Crippen molar-refractivity contribution in [1.29, 1.82) is 0 Å². The Hall–Kier alpha value is -1.04. The second-order valence-corrected chi connectivity index (χ2v) is 6.31. The number of hydrogen-bond acceptors (Lipinski definition) is 8. The summed E-state index contributed by atoms with van der Waals surface area (Å²) in [5.41, 5.74) is 0. The van der Waals surface area contributed by atoms with E-state index in [0.717, 1.165) is 0 Å². The molecule has 1 aliphatic carbocycles. The highest BCUT2D eigenvalue weighted by atomic mass is 32.2. The van der Waals surface area contributed by atoms with Crippen LogP contribution in [0.2, 0.25) is 0 Å². The van der Waals surface area contributed by atoms with E-state index in [-0.39, 0.29) is 12.3 Å². The van der Waals surface area contributed by atoms with E-state index in [1.807, 2.05) is 0 Å². The third-order valence-electron chi connectivity index (χ3n) is 3.75. The Morgan fingerprint density at radius 1 is 1.41 bits per heavy atom. The molecule has 0 amide bonds. The standard InChI is InChI=1S/C11H13F3O7S/c1-10(11(12,13)14,22-21-20-17)9(16)19-6-3-2-5-4-7(6)18-8(5)15/h5-7,17H,2-4H2,1H3. The zero-order valence-corrected chi connectivity index (χ0v) is 12.1. The maximum absolute atomic E-state index is 13.1. The molecule has 1 N–H and O–H groups in total. The lowest BCUT2D eigenvalue weighted by Crippen LogP contribution is -2.50. The zero-order valence-electron chi connectivity index (χ0n) is 11.3. The largest absolute Gasteiger partial charge is 0.458 e. The van der Waals surface area contributed by atoms with Crippen LogP contribution in [0.4, 0.5) is 13.2 Å². The number of rotatable bonds is 5. The van der Waals surface area contributed by atoms with Gasteiger partial charge in [0.15, 0.2) is 0 Å². The third kappa shape index (κ3) is 3.16. The van der Waals surface area contributed by atoms with E-state index in [1.54, 1.807) is 0 Å². The molecular formula is C11H13F3O7S. The van der Waals surface area contributed by atoms with Crippen molar-refractivity contribution in [3.63, 3.8) is 0 Å². The Labute approximate surface area is 127 Å². The average Bonchev–Trinajstić information content (AvgIpc) is 2.74. The van der Waals surface area contributed by atoms with Crippen LogP contribution in [0.25, 0.3) is 0 Å². The fourth-order valence-electron chi connectivity index (χ4n) is 2.35. The molecular weight excluding hydrogens is 333 g/mol. The van der Waals surface area contributed by atoms with Crippen molar-refractivity contribution < 1.29 is 46.9 Å². The van der Waals surface area contributed by atoms with Crippen LogP contribution < -0.4 is 0 Å². The van der Waals surface area contributed by atoms with Gasteiger partial charge < -0.3 is 9.47 Å². The van der Waals surface area contributed by atoms with Crippen molar-refractivity contribution >= 4 is 24.0 Å². The molecule has 0 radical (unpaired) electrons. The fourth-order valence-corrected chi connectivity index (χ4v) is 2.73. The van der Waals surface area contributed by atoms with Gasteiger partial charge in [0.05, 0.1) is 18.0 Å². The van der Waals surface area contributed by atoms with Crippen molar-refractivity contribution in [3.05, 3.63) is 0 Å². The van der Waals surface area contributed by atoms with E-state index in [2.05, 4.69) is 9.37 Å². The van der Waals surface area contributed by atoms with E-state index in [9.17, 15) is 22.8 Å². The first-order valence-electron chi connectivity index (χ1n) is 6.33. The van der Waals surface area contributed by atoms with Crippen LogP contribution in [0.3, 0.4) is 0 Å². The summed E-state index contributed by atoms with van der Waals surface area (Å²) in [4.78, 5) is 23.3. The molecule has 22 heavy (non-hydrogen) atoms. The molecule has 1 heterocycles. The first kappa shape index (κ1) is 17.3. The normalized spacial score (nSPS) is 30.6. The minimum atomic E-state index is -5.02. The van der Waals surface area contributed by atoms with Gasteiger partial charge in [-0.15, -0.1) is 4.33 Å². The maximum atomic E-state index is 13.1. The molecule has 1 saturated heterocycles.